The zero-order chi connectivity index (χ0) is 18.1. The van der Waals surface area contributed by atoms with E-state index in [0.717, 1.165) is 26.7 Å². The molecule has 0 saturated heterocycles. The third-order valence-corrected chi connectivity index (χ3v) is 5.20. The Bertz CT molecular complexity index is 967. The lowest BCUT2D eigenvalue weighted by atomic mass is 9.91. The van der Waals surface area contributed by atoms with Crippen molar-refractivity contribution < 1.29 is 14.3 Å². The van der Waals surface area contributed by atoms with Crippen LogP contribution in [0.5, 0.6) is 5.75 Å². The molecule has 0 fully saturated rings. The fourth-order valence-electron chi connectivity index (χ4n) is 3.37. The molecular formula is C20H19BrN2O3. The first kappa shape index (κ1) is 17.2. The van der Waals surface area contributed by atoms with Crippen LogP contribution in [0.1, 0.15) is 16.1 Å². The number of ether oxygens (including phenoxy) is 2. The predicted octanol–water partition coefficient (Wildman–Crippen LogP) is 3.88. The van der Waals surface area contributed by atoms with E-state index >= 15 is 0 Å². The van der Waals surface area contributed by atoms with Crippen molar-refractivity contribution in [1.29, 1.82) is 0 Å². The molecule has 26 heavy (non-hydrogen) atoms. The Labute approximate surface area is 160 Å². The van der Waals surface area contributed by atoms with Crippen molar-refractivity contribution >= 4 is 32.6 Å². The highest BCUT2D eigenvalue weighted by Crippen LogP contribution is 2.30. The highest BCUT2D eigenvalue weighted by Gasteiger charge is 2.30. The summed E-state index contributed by atoms with van der Waals surface area (Å²) in [6.07, 6.45) is 0.679. The second kappa shape index (κ2) is 7.21. The average Bonchev–Trinajstić information content (AvgIpc) is 3.03. The van der Waals surface area contributed by atoms with Crippen LogP contribution in [0, 0.1) is 5.92 Å². The zero-order valence-corrected chi connectivity index (χ0v) is 16.0. The molecule has 0 spiro atoms. The van der Waals surface area contributed by atoms with Crippen LogP contribution >= 0.6 is 15.9 Å². The van der Waals surface area contributed by atoms with E-state index in [1.54, 1.807) is 7.11 Å². The molecular weight excluding hydrogens is 396 g/mol. The molecule has 0 saturated carbocycles. The molecule has 2 heterocycles. The third-order valence-electron chi connectivity index (χ3n) is 4.70. The van der Waals surface area contributed by atoms with Gasteiger partial charge in [-0.2, -0.15) is 5.10 Å². The van der Waals surface area contributed by atoms with Crippen molar-refractivity contribution in [1.82, 2.24) is 9.78 Å². The second-order valence-corrected chi connectivity index (χ2v) is 7.33. The molecule has 1 aromatic heterocycles. The minimum Gasteiger partial charge on any atom is -0.493 e. The smallest absolute Gasteiger partial charge is 0.190 e. The van der Waals surface area contributed by atoms with Crippen molar-refractivity contribution in [3.05, 3.63) is 58.2 Å². The highest BCUT2D eigenvalue weighted by molar-refractivity contribution is 9.10. The van der Waals surface area contributed by atoms with Crippen molar-refractivity contribution in [3.63, 3.8) is 0 Å². The van der Waals surface area contributed by atoms with E-state index < -0.39 is 0 Å². The summed E-state index contributed by atoms with van der Waals surface area (Å²) < 4.78 is 13.8. The monoisotopic (exact) mass is 414 g/mol. The lowest BCUT2D eigenvalue weighted by Gasteiger charge is -2.23. The van der Waals surface area contributed by atoms with E-state index in [4.69, 9.17) is 9.47 Å². The molecule has 0 aliphatic carbocycles. The number of aromatic nitrogens is 2. The molecule has 134 valence electrons. The normalized spacial score (nSPS) is 16.3. The molecule has 1 unspecified atom stereocenters. The minimum absolute atomic E-state index is 0.0305. The Kier molecular flexibility index (Phi) is 4.78. The van der Waals surface area contributed by atoms with Crippen molar-refractivity contribution in [2.45, 2.75) is 13.0 Å². The Morgan fingerprint density at radius 2 is 2.19 bits per heavy atom. The first-order chi connectivity index (χ1) is 12.7. The molecule has 0 radical (unpaired) electrons. The standard InChI is InChI=1S/C20H19BrN2O3/c1-25-9-8-23-17-11-15(21)6-7-16(17)19(22-23)20(24)14-10-13-4-2-3-5-18(13)26-12-14/h2-7,11,14H,8-10,12H2,1H3. The van der Waals surface area contributed by atoms with Gasteiger partial charge in [-0.05, 0) is 36.2 Å². The Morgan fingerprint density at radius 1 is 1.35 bits per heavy atom. The topological polar surface area (TPSA) is 53.4 Å². The molecule has 0 amide bonds. The van der Waals surface area contributed by atoms with Crippen molar-refractivity contribution in [3.8, 4) is 5.75 Å². The van der Waals surface area contributed by atoms with E-state index in [2.05, 4.69) is 21.0 Å². The number of nitrogens with zero attached hydrogens (tertiary/aromatic N) is 2. The summed E-state index contributed by atoms with van der Waals surface area (Å²) in [5, 5.41) is 5.48. The van der Waals surface area contributed by atoms with Crippen molar-refractivity contribution in [2.24, 2.45) is 5.92 Å². The summed E-state index contributed by atoms with van der Waals surface area (Å²) in [6.45, 7) is 1.52. The Balaban J connectivity index is 1.69. The number of fused-ring (bicyclic) bond motifs is 2. The van der Waals surface area contributed by atoms with Gasteiger partial charge >= 0.3 is 0 Å². The SMILES string of the molecule is COCCn1nc(C(=O)C2COc3ccccc3C2)c2ccc(Br)cc21. The van der Waals surface area contributed by atoms with E-state index in [1.807, 2.05) is 47.1 Å². The van der Waals surface area contributed by atoms with Crippen LogP contribution in [0.2, 0.25) is 0 Å². The quantitative estimate of drug-likeness (QED) is 0.594. The molecule has 1 aliphatic heterocycles. The molecule has 2 aromatic carbocycles. The summed E-state index contributed by atoms with van der Waals surface area (Å²) in [7, 11) is 1.66. The number of Topliss-reactive ketones (excluding diaryl/α,β-unsaturated/α-hetero) is 1. The molecule has 1 atom stereocenters. The van der Waals surface area contributed by atoms with Gasteiger partial charge in [-0.15, -0.1) is 0 Å². The van der Waals surface area contributed by atoms with Gasteiger partial charge in [0.1, 0.15) is 11.4 Å². The molecule has 0 bridgehead atoms. The fourth-order valence-corrected chi connectivity index (χ4v) is 3.72. The van der Waals surface area contributed by atoms with Crippen molar-refractivity contribution in [2.75, 3.05) is 20.3 Å². The van der Waals surface area contributed by atoms with Gasteiger partial charge in [-0.3, -0.25) is 9.48 Å². The number of ketones is 1. The van der Waals surface area contributed by atoms with Gasteiger partial charge < -0.3 is 9.47 Å². The van der Waals surface area contributed by atoms with Crippen LogP contribution in [0.15, 0.2) is 46.9 Å². The van der Waals surface area contributed by atoms with E-state index in [9.17, 15) is 4.79 Å². The molecule has 1 aliphatic rings. The van der Waals surface area contributed by atoms with Crippen LogP contribution in [0.4, 0.5) is 0 Å². The lowest BCUT2D eigenvalue weighted by Crippen LogP contribution is -2.28. The van der Waals surface area contributed by atoms with E-state index in [-0.39, 0.29) is 11.7 Å². The third kappa shape index (κ3) is 3.15. The van der Waals surface area contributed by atoms with Gasteiger partial charge in [0.15, 0.2) is 5.78 Å². The second-order valence-electron chi connectivity index (χ2n) is 6.41. The van der Waals surface area contributed by atoms with Crippen LogP contribution in [0.3, 0.4) is 0 Å². The summed E-state index contributed by atoms with van der Waals surface area (Å²) >= 11 is 3.50. The number of halogens is 1. The van der Waals surface area contributed by atoms with Gasteiger partial charge in [0.05, 0.1) is 31.2 Å². The minimum atomic E-state index is -0.220. The van der Waals surface area contributed by atoms with E-state index in [0.29, 0.717) is 31.9 Å². The van der Waals surface area contributed by atoms with Crippen LogP contribution in [-0.2, 0) is 17.7 Å². The van der Waals surface area contributed by atoms with Gasteiger partial charge in [0.2, 0.25) is 0 Å². The van der Waals surface area contributed by atoms with Gasteiger partial charge in [0.25, 0.3) is 0 Å². The maximum atomic E-state index is 13.2. The van der Waals surface area contributed by atoms with Gasteiger partial charge in [-0.25, -0.2) is 0 Å². The summed E-state index contributed by atoms with van der Waals surface area (Å²) in [6, 6.07) is 13.8. The number of methoxy groups -OCH3 is 1. The Hall–Kier alpha value is -2.18. The van der Waals surface area contributed by atoms with Gasteiger partial charge in [0, 0.05) is 17.0 Å². The predicted molar refractivity (Wildman–Crippen MR) is 103 cm³/mol. The summed E-state index contributed by atoms with van der Waals surface area (Å²) in [4.78, 5) is 13.2. The summed E-state index contributed by atoms with van der Waals surface area (Å²) in [5.41, 5.74) is 2.51. The number of carbonyl (C=O) groups excluding carboxylic acids is 1. The largest absolute Gasteiger partial charge is 0.493 e. The molecule has 4 rings (SSSR count). The van der Waals surface area contributed by atoms with Crippen LogP contribution < -0.4 is 4.74 Å². The number of rotatable bonds is 5. The average molecular weight is 415 g/mol. The number of benzene rings is 2. The summed E-state index contributed by atoms with van der Waals surface area (Å²) in [5.74, 6) is 0.682. The van der Waals surface area contributed by atoms with Crippen LogP contribution in [0.25, 0.3) is 10.9 Å². The number of hydrogen-bond donors (Lipinski definition) is 0. The lowest BCUT2D eigenvalue weighted by molar-refractivity contribution is 0.0850. The van der Waals surface area contributed by atoms with Crippen LogP contribution in [-0.4, -0.2) is 35.9 Å². The number of carbonyl (C=O) groups is 1. The highest BCUT2D eigenvalue weighted by atomic mass is 79.9. The first-order valence-electron chi connectivity index (χ1n) is 8.57. The molecule has 5 nitrogen and oxygen atoms in total. The molecule has 6 heteroatoms. The maximum Gasteiger partial charge on any atom is 0.190 e. The van der Waals surface area contributed by atoms with Gasteiger partial charge in [-0.1, -0.05) is 34.1 Å². The maximum absolute atomic E-state index is 13.2. The molecule has 0 N–H and O–H groups in total. The van der Waals surface area contributed by atoms with E-state index in [1.165, 1.54) is 0 Å². The number of hydrogen-bond acceptors (Lipinski definition) is 4. The molecule has 3 aromatic rings. The number of para-hydroxylation sites is 1. The zero-order valence-electron chi connectivity index (χ0n) is 14.4. The first-order valence-corrected chi connectivity index (χ1v) is 9.36. The fraction of sp³-hybridized carbons (Fsp3) is 0.300. The Morgan fingerprint density at radius 3 is 3.04 bits per heavy atom.